The highest BCUT2D eigenvalue weighted by Crippen LogP contribution is 2.50. The Morgan fingerprint density at radius 2 is 1.95 bits per heavy atom. The van der Waals surface area contributed by atoms with Crippen molar-refractivity contribution in [2.75, 3.05) is 6.54 Å². The molecule has 0 spiro atoms. The van der Waals surface area contributed by atoms with Crippen LogP contribution in [-0.4, -0.2) is 34.5 Å². The normalized spacial score (nSPS) is 30.9. The summed E-state index contributed by atoms with van der Waals surface area (Å²) in [5.41, 5.74) is 2.50. The van der Waals surface area contributed by atoms with Gasteiger partial charge in [0.05, 0.1) is 5.92 Å². The van der Waals surface area contributed by atoms with E-state index < -0.39 is 11.9 Å². The van der Waals surface area contributed by atoms with Gasteiger partial charge in [-0.25, -0.2) is 0 Å². The number of benzene rings is 1. The molecule has 2 fully saturated rings. The number of hydrogen-bond acceptors (Lipinski definition) is 2. The third-order valence-electron chi connectivity index (χ3n) is 5.21. The number of nitrogens with zero attached hydrogens (tertiary/aromatic N) is 1. The summed E-state index contributed by atoms with van der Waals surface area (Å²) in [6, 6.07) is 8.38. The molecule has 4 atom stereocenters. The van der Waals surface area contributed by atoms with Crippen molar-refractivity contribution in [3.05, 3.63) is 35.4 Å². The van der Waals surface area contributed by atoms with Gasteiger partial charge in [-0.2, -0.15) is 0 Å². The molecule has 0 aromatic heterocycles. The van der Waals surface area contributed by atoms with Gasteiger partial charge in [0, 0.05) is 18.5 Å². The van der Waals surface area contributed by atoms with E-state index in [1.54, 1.807) is 0 Å². The van der Waals surface area contributed by atoms with Crippen LogP contribution in [0, 0.1) is 18.8 Å². The Kier molecular flexibility index (Phi) is 3.94. The van der Waals surface area contributed by atoms with Gasteiger partial charge in [-0.1, -0.05) is 24.3 Å². The average molecular weight is 301 g/mol. The second-order valence-corrected chi connectivity index (χ2v) is 6.76. The molecule has 4 nitrogen and oxygen atoms in total. The number of amides is 1. The van der Waals surface area contributed by atoms with Crippen LogP contribution in [-0.2, 0) is 9.59 Å². The number of rotatable bonds is 3. The summed E-state index contributed by atoms with van der Waals surface area (Å²) in [6.07, 6.45) is 2.35. The van der Waals surface area contributed by atoms with E-state index in [-0.39, 0.29) is 17.9 Å². The molecule has 1 aliphatic heterocycles. The Bertz CT molecular complexity index is 598. The highest BCUT2D eigenvalue weighted by Gasteiger charge is 2.48. The van der Waals surface area contributed by atoms with Crippen molar-refractivity contribution in [3.8, 4) is 0 Å². The molecule has 4 heteroatoms. The monoisotopic (exact) mass is 301 g/mol. The molecule has 1 saturated heterocycles. The standard InChI is InChI=1S/C18H23NO3/c1-11-5-3-4-6-14(11)15-9-16(15)17(20)19-10-13(18(21)22)8-7-12(19)2/h3-6,12-13,15-16H,7-10H2,1-2H3,(H,21,22). The zero-order valence-electron chi connectivity index (χ0n) is 13.2. The van der Waals surface area contributed by atoms with E-state index in [0.29, 0.717) is 18.9 Å². The van der Waals surface area contributed by atoms with Crippen molar-refractivity contribution in [1.29, 1.82) is 0 Å². The number of aliphatic carboxylic acids is 1. The topological polar surface area (TPSA) is 57.6 Å². The number of piperidine rings is 1. The van der Waals surface area contributed by atoms with E-state index >= 15 is 0 Å². The quantitative estimate of drug-likeness (QED) is 0.934. The summed E-state index contributed by atoms with van der Waals surface area (Å²) in [7, 11) is 0. The average Bonchev–Trinajstić information content (AvgIpc) is 3.27. The van der Waals surface area contributed by atoms with Gasteiger partial charge in [0.1, 0.15) is 0 Å². The Labute approximate surface area is 131 Å². The van der Waals surface area contributed by atoms with Gasteiger partial charge >= 0.3 is 5.97 Å². The van der Waals surface area contributed by atoms with E-state index in [2.05, 4.69) is 19.1 Å². The van der Waals surface area contributed by atoms with E-state index in [0.717, 1.165) is 12.8 Å². The Morgan fingerprint density at radius 3 is 2.64 bits per heavy atom. The van der Waals surface area contributed by atoms with Crippen molar-refractivity contribution < 1.29 is 14.7 Å². The minimum Gasteiger partial charge on any atom is -0.481 e. The van der Waals surface area contributed by atoms with E-state index in [9.17, 15) is 14.7 Å². The van der Waals surface area contributed by atoms with Gasteiger partial charge in [-0.05, 0) is 50.2 Å². The summed E-state index contributed by atoms with van der Waals surface area (Å²) in [6.45, 7) is 4.48. The molecular formula is C18H23NO3. The van der Waals surface area contributed by atoms with Crippen molar-refractivity contribution in [2.24, 2.45) is 11.8 Å². The summed E-state index contributed by atoms with van der Waals surface area (Å²) < 4.78 is 0. The van der Waals surface area contributed by atoms with Gasteiger partial charge in [0.2, 0.25) is 5.91 Å². The molecule has 118 valence electrons. The molecule has 1 aromatic rings. The number of carboxylic acids is 1. The zero-order valence-corrected chi connectivity index (χ0v) is 13.2. The summed E-state index contributed by atoms with van der Waals surface area (Å²) >= 11 is 0. The maximum atomic E-state index is 12.8. The third kappa shape index (κ3) is 2.74. The predicted molar refractivity (Wildman–Crippen MR) is 83.6 cm³/mol. The van der Waals surface area contributed by atoms with Crippen LogP contribution in [0.15, 0.2) is 24.3 Å². The van der Waals surface area contributed by atoms with Crippen LogP contribution in [0.3, 0.4) is 0 Å². The molecule has 22 heavy (non-hydrogen) atoms. The lowest BCUT2D eigenvalue weighted by Crippen LogP contribution is -2.48. The first-order valence-corrected chi connectivity index (χ1v) is 8.08. The number of carbonyl (C=O) groups excluding carboxylic acids is 1. The van der Waals surface area contributed by atoms with E-state index in [4.69, 9.17) is 0 Å². The van der Waals surface area contributed by atoms with E-state index in [1.165, 1.54) is 11.1 Å². The maximum absolute atomic E-state index is 12.8. The zero-order chi connectivity index (χ0) is 15.9. The van der Waals surface area contributed by atoms with Crippen LogP contribution in [0.4, 0.5) is 0 Å². The smallest absolute Gasteiger partial charge is 0.308 e. The van der Waals surface area contributed by atoms with Crippen molar-refractivity contribution in [3.63, 3.8) is 0 Å². The highest BCUT2D eigenvalue weighted by atomic mass is 16.4. The number of carboxylic acid groups (broad SMARTS) is 1. The van der Waals surface area contributed by atoms with Crippen LogP contribution in [0.1, 0.15) is 43.2 Å². The van der Waals surface area contributed by atoms with Crippen LogP contribution in [0.2, 0.25) is 0 Å². The molecular weight excluding hydrogens is 278 g/mol. The fourth-order valence-corrected chi connectivity index (χ4v) is 3.64. The van der Waals surface area contributed by atoms with Crippen LogP contribution >= 0.6 is 0 Å². The lowest BCUT2D eigenvalue weighted by molar-refractivity contribution is -0.147. The Hall–Kier alpha value is -1.84. The number of aryl methyl sites for hydroxylation is 1. The first kappa shape index (κ1) is 15.1. The number of carbonyl (C=O) groups is 2. The van der Waals surface area contributed by atoms with Gasteiger partial charge in [0.25, 0.3) is 0 Å². The predicted octanol–water partition coefficient (Wildman–Crippen LogP) is 2.81. The molecule has 1 heterocycles. The lowest BCUT2D eigenvalue weighted by Gasteiger charge is -2.36. The molecule has 4 unspecified atom stereocenters. The summed E-state index contributed by atoms with van der Waals surface area (Å²) in [4.78, 5) is 25.8. The van der Waals surface area contributed by atoms with Crippen molar-refractivity contribution in [1.82, 2.24) is 4.90 Å². The summed E-state index contributed by atoms with van der Waals surface area (Å²) in [5, 5.41) is 9.21. The van der Waals surface area contributed by atoms with Gasteiger partial charge in [-0.15, -0.1) is 0 Å². The first-order chi connectivity index (χ1) is 10.5. The molecule has 1 saturated carbocycles. The maximum Gasteiger partial charge on any atom is 0.308 e. The molecule has 1 amide bonds. The summed E-state index contributed by atoms with van der Waals surface area (Å²) in [5.74, 6) is -0.694. The molecule has 0 radical (unpaired) electrons. The van der Waals surface area contributed by atoms with Crippen LogP contribution in [0.25, 0.3) is 0 Å². The van der Waals surface area contributed by atoms with Gasteiger partial charge < -0.3 is 10.0 Å². The molecule has 2 aliphatic rings. The fraction of sp³-hybridized carbons (Fsp3) is 0.556. The fourth-order valence-electron chi connectivity index (χ4n) is 3.64. The van der Waals surface area contributed by atoms with Crippen LogP contribution < -0.4 is 0 Å². The molecule has 1 aromatic carbocycles. The molecule has 3 rings (SSSR count). The lowest BCUT2D eigenvalue weighted by atomic mass is 9.93. The number of likely N-dealkylation sites (tertiary alicyclic amines) is 1. The second-order valence-electron chi connectivity index (χ2n) is 6.76. The minimum absolute atomic E-state index is 0.0381. The molecule has 1 aliphatic carbocycles. The Morgan fingerprint density at radius 1 is 1.23 bits per heavy atom. The minimum atomic E-state index is -0.782. The number of hydrogen-bond donors (Lipinski definition) is 1. The molecule has 0 bridgehead atoms. The van der Waals surface area contributed by atoms with Gasteiger partial charge in [-0.3, -0.25) is 9.59 Å². The largest absolute Gasteiger partial charge is 0.481 e. The Balaban J connectivity index is 1.70. The third-order valence-corrected chi connectivity index (χ3v) is 5.21. The SMILES string of the molecule is Cc1ccccc1C1CC1C(=O)N1CC(C(=O)O)CCC1C. The highest BCUT2D eigenvalue weighted by molar-refractivity contribution is 5.84. The van der Waals surface area contributed by atoms with Crippen LogP contribution in [0.5, 0.6) is 0 Å². The first-order valence-electron chi connectivity index (χ1n) is 8.08. The van der Waals surface area contributed by atoms with Crippen molar-refractivity contribution in [2.45, 2.75) is 45.1 Å². The van der Waals surface area contributed by atoms with Crippen molar-refractivity contribution >= 4 is 11.9 Å². The van der Waals surface area contributed by atoms with E-state index in [1.807, 2.05) is 24.0 Å². The molecule has 1 N–H and O–H groups in total. The van der Waals surface area contributed by atoms with Gasteiger partial charge in [0.15, 0.2) is 0 Å². The second kappa shape index (κ2) is 5.75.